The van der Waals surface area contributed by atoms with Gasteiger partial charge >= 0.3 is 11.9 Å². The van der Waals surface area contributed by atoms with Crippen molar-refractivity contribution in [2.45, 2.75) is 25.8 Å². The van der Waals surface area contributed by atoms with E-state index in [1.54, 1.807) is 6.92 Å². The zero-order chi connectivity index (χ0) is 15.8. The first-order chi connectivity index (χ1) is 9.93. The lowest BCUT2D eigenvalue weighted by molar-refractivity contribution is -0.144. The SMILES string of the molecule is CCOC(=O)CC[C@H](NC(=O)c1cncc(O)c1)C(=O)O. The molecule has 1 aromatic heterocycles. The van der Waals surface area contributed by atoms with Crippen LogP contribution in [-0.4, -0.2) is 45.7 Å². The maximum absolute atomic E-state index is 11.8. The van der Waals surface area contributed by atoms with Crippen LogP contribution < -0.4 is 5.32 Å². The summed E-state index contributed by atoms with van der Waals surface area (Å²) in [5, 5.41) is 20.5. The standard InChI is InChI=1S/C13H16N2O6/c1-2-21-11(17)4-3-10(13(19)20)15-12(18)8-5-9(16)7-14-6-8/h5-7,10,16H,2-4H2,1H3,(H,15,18)(H,19,20)/t10-/m0/s1. The topological polar surface area (TPSA) is 126 Å². The van der Waals surface area contributed by atoms with Crippen LogP contribution in [0.3, 0.4) is 0 Å². The molecule has 0 unspecified atom stereocenters. The van der Waals surface area contributed by atoms with Crippen molar-refractivity contribution < 1.29 is 29.3 Å². The lowest BCUT2D eigenvalue weighted by atomic mass is 10.1. The number of amides is 1. The summed E-state index contributed by atoms with van der Waals surface area (Å²) in [6, 6.07) is -0.0729. The fourth-order valence-electron chi connectivity index (χ4n) is 1.55. The van der Waals surface area contributed by atoms with Gasteiger partial charge in [0.25, 0.3) is 5.91 Å². The van der Waals surface area contributed by atoms with Gasteiger partial charge in [-0.05, 0) is 19.4 Å². The van der Waals surface area contributed by atoms with E-state index < -0.39 is 23.9 Å². The molecule has 0 aromatic carbocycles. The molecule has 0 aliphatic heterocycles. The van der Waals surface area contributed by atoms with Crippen LogP contribution in [0.2, 0.25) is 0 Å². The highest BCUT2D eigenvalue weighted by Gasteiger charge is 2.22. The number of rotatable bonds is 7. The zero-order valence-corrected chi connectivity index (χ0v) is 11.4. The predicted octanol–water partition coefficient (Wildman–Crippen LogP) is 0.313. The molecule has 3 N–H and O–H groups in total. The van der Waals surface area contributed by atoms with Gasteiger partial charge in [-0.15, -0.1) is 0 Å². The van der Waals surface area contributed by atoms with Crippen molar-refractivity contribution in [1.29, 1.82) is 0 Å². The third kappa shape index (κ3) is 5.47. The smallest absolute Gasteiger partial charge is 0.326 e. The number of aromatic hydroxyl groups is 1. The molecule has 8 nitrogen and oxygen atoms in total. The average molecular weight is 296 g/mol. The molecule has 0 radical (unpaired) electrons. The van der Waals surface area contributed by atoms with Crippen LogP contribution in [0.5, 0.6) is 5.75 Å². The first-order valence-electron chi connectivity index (χ1n) is 6.27. The summed E-state index contributed by atoms with van der Waals surface area (Å²) >= 11 is 0. The number of carbonyl (C=O) groups excluding carboxylic acids is 2. The summed E-state index contributed by atoms with van der Waals surface area (Å²) in [5.74, 6) is -2.70. The third-order valence-electron chi connectivity index (χ3n) is 2.53. The van der Waals surface area contributed by atoms with Crippen molar-refractivity contribution in [3.63, 3.8) is 0 Å². The summed E-state index contributed by atoms with van der Waals surface area (Å²) in [6.07, 6.45) is 2.13. The maximum Gasteiger partial charge on any atom is 0.326 e. The molecule has 1 amide bonds. The molecule has 21 heavy (non-hydrogen) atoms. The number of carboxylic acid groups (broad SMARTS) is 1. The molecule has 114 valence electrons. The molecule has 8 heteroatoms. The molecule has 1 heterocycles. The van der Waals surface area contributed by atoms with Gasteiger partial charge in [0.2, 0.25) is 0 Å². The average Bonchev–Trinajstić information content (AvgIpc) is 2.43. The molecule has 1 atom stereocenters. The normalized spacial score (nSPS) is 11.5. The number of hydrogen-bond acceptors (Lipinski definition) is 6. The number of carbonyl (C=O) groups is 3. The maximum atomic E-state index is 11.8. The van der Waals surface area contributed by atoms with Crippen LogP contribution in [0.15, 0.2) is 18.5 Å². The number of carboxylic acids is 1. The van der Waals surface area contributed by atoms with Crippen molar-refractivity contribution >= 4 is 17.8 Å². The van der Waals surface area contributed by atoms with Gasteiger partial charge < -0.3 is 20.3 Å². The van der Waals surface area contributed by atoms with Crippen molar-refractivity contribution in [3.8, 4) is 5.75 Å². The van der Waals surface area contributed by atoms with Gasteiger partial charge in [0, 0.05) is 12.6 Å². The Hall–Kier alpha value is -2.64. The molecule has 0 saturated carbocycles. The summed E-state index contributed by atoms with van der Waals surface area (Å²) < 4.78 is 4.69. The molecule has 0 fully saturated rings. The van der Waals surface area contributed by atoms with Crippen molar-refractivity contribution in [2.75, 3.05) is 6.61 Å². The number of ether oxygens (including phenoxy) is 1. The van der Waals surface area contributed by atoms with Crippen molar-refractivity contribution in [2.24, 2.45) is 0 Å². The molecule has 1 rings (SSSR count). The minimum Gasteiger partial charge on any atom is -0.506 e. The Balaban J connectivity index is 2.64. The molecule has 0 bridgehead atoms. The van der Waals surface area contributed by atoms with Crippen LogP contribution in [0, 0.1) is 0 Å². The highest BCUT2D eigenvalue weighted by atomic mass is 16.5. The number of nitrogens with zero attached hydrogens (tertiary/aromatic N) is 1. The summed E-state index contributed by atoms with van der Waals surface area (Å²) in [4.78, 5) is 37.7. The molecule has 0 aliphatic carbocycles. The van der Waals surface area contributed by atoms with Gasteiger partial charge in [0.1, 0.15) is 11.8 Å². The summed E-state index contributed by atoms with van der Waals surface area (Å²) in [7, 11) is 0. The second-order valence-corrected chi connectivity index (χ2v) is 4.14. The molecular weight excluding hydrogens is 280 g/mol. The van der Waals surface area contributed by atoms with E-state index in [4.69, 9.17) is 5.11 Å². The largest absolute Gasteiger partial charge is 0.506 e. The lowest BCUT2D eigenvalue weighted by Gasteiger charge is -2.14. The quantitative estimate of drug-likeness (QED) is 0.618. The van der Waals surface area contributed by atoms with Crippen LogP contribution in [0.25, 0.3) is 0 Å². The monoisotopic (exact) mass is 296 g/mol. The number of esters is 1. The Morgan fingerprint density at radius 1 is 1.38 bits per heavy atom. The highest BCUT2D eigenvalue weighted by Crippen LogP contribution is 2.09. The predicted molar refractivity (Wildman–Crippen MR) is 70.7 cm³/mol. The van der Waals surface area contributed by atoms with Crippen LogP contribution in [-0.2, 0) is 14.3 Å². The second-order valence-electron chi connectivity index (χ2n) is 4.14. The minimum atomic E-state index is -1.26. The molecule has 0 spiro atoms. The Kier molecular flexibility index (Phi) is 6.12. The van der Waals surface area contributed by atoms with Crippen LogP contribution in [0.4, 0.5) is 0 Å². The van der Waals surface area contributed by atoms with Gasteiger partial charge in [-0.1, -0.05) is 0 Å². The van der Waals surface area contributed by atoms with Crippen molar-refractivity contribution in [1.82, 2.24) is 10.3 Å². The lowest BCUT2D eigenvalue weighted by Crippen LogP contribution is -2.41. The summed E-state index contributed by atoms with van der Waals surface area (Å²) in [6.45, 7) is 1.85. The number of aromatic nitrogens is 1. The third-order valence-corrected chi connectivity index (χ3v) is 2.53. The van der Waals surface area contributed by atoms with Gasteiger partial charge in [0.15, 0.2) is 0 Å². The first-order valence-corrected chi connectivity index (χ1v) is 6.27. The fraction of sp³-hybridized carbons (Fsp3) is 0.385. The minimum absolute atomic E-state index is 0.0254. The van der Waals surface area contributed by atoms with E-state index in [1.807, 2.05) is 0 Å². The van der Waals surface area contributed by atoms with Gasteiger partial charge in [-0.25, -0.2) is 4.79 Å². The van der Waals surface area contributed by atoms with Gasteiger partial charge in [-0.3, -0.25) is 14.6 Å². The summed E-state index contributed by atoms with van der Waals surface area (Å²) in [5.41, 5.74) is 0.0254. The Morgan fingerprint density at radius 3 is 2.67 bits per heavy atom. The van der Waals surface area contributed by atoms with E-state index in [2.05, 4.69) is 15.0 Å². The Bertz CT molecular complexity index is 531. The number of pyridine rings is 1. The van der Waals surface area contributed by atoms with Crippen molar-refractivity contribution in [3.05, 3.63) is 24.0 Å². The van der Waals surface area contributed by atoms with Crippen LogP contribution in [0.1, 0.15) is 30.1 Å². The molecule has 1 aromatic rings. The highest BCUT2D eigenvalue weighted by molar-refractivity contribution is 5.96. The molecular formula is C13H16N2O6. The number of nitrogens with one attached hydrogen (secondary N) is 1. The Labute approximate surface area is 120 Å². The number of hydrogen-bond donors (Lipinski definition) is 3. The van der Waals surface area contributed by atoms with E-state index in [1.165, 1.54) is 6.20 Å². The van der Waals surface area contributed by atoms with E-state index in [0.29, 0.717) is 0 Å². The van der Waals surface area contributed by atoms with E-state index >= 15 is 0 Å². The van der Waals surface area contributed by atoms with E-state index in [9.17, 15) is 19.5 Å². The second kappa shape index (κ2) is 7.83. The van der Waals surface area contributed by atoms with Crippen LogP contribution >= 0.6 is 0 Å². The Morgan fingerprint density at radius 2 is 2.10 bits per heavy atom. The van der Waals surface area contributed by atoms with E-state index in [0.717, 1.165) is 12.3 Å². The molecule has 0 aliphatic rings. The molecule has 0 saturated heterocycles. The zero-order valence-electron chi connectivity index (χ0n) is 11.4. The fourth-order valence-corrected chi connectivity index (χ4v) is 1.55. The first kappa shape index (κ1) is 16.4. The van der Waals surface area contributed by atoms with Gasteiger partial charge in [0.05, 0.1) is 18.4 Å². The number of aliphatic carboxylic acids is 1. The van der Waals surface area contributed by atoms with E-state index in [-0.39, 0.29) is 30.8 Å². The van der Waals surface area contributed by atoms with Gasteiger partial charge in [-0.2, -0.15) is 0 Å².